The van der Waals surface area contributed by atoms with Crippen LogP contribution in [0.2, 0.25) is 0 Å². The number of carbonyl (C=O) groups excluding carboxylic acids is 1. The lowest BCUT2D eigenvalue weighted by atomic mass is 10.0. The van der Waals surface area contributed by atoms with Crippen LogP contribution in [0.15, 0.2) is 24.3 Å². The number of rotatable bonds is 7. The Hall–Kier alpha value is -1.31. The van der Waals surface area contributed by atoms with Gasteiger partial charge in [0.25, 0.3) is 0 Å². The van der Waals surface area contributed by atoms with Crippen molar-refractivity contribution < 1.29 is 9.90 Å². The van der Waals surface area contributed by atoms with Crippen LogP contribution >= 0.6 is 0 Å². The maximum atomic E-state index is 10.8. The molecule has 1 rings (SSSR count). The Bertz CT molecular complexity index is 331. The van der Waals surface area contributed by atoms with E-state index in [4.69, 9.17) is 0 Å². The van der Waals surface area contributed by atoms with Gasteiger partial charge in [0.05, 0.1) is 5.97 Å². The molecule has 0 heterocycles. The van der Waals surface area contributed by atoms with Gasteiger partial charge in [-0.2, -0.15) is 0 Å². The Morgan fingerprint density at radius 2 is 1.81 bits per heavy atom. The van der Waals surface area contributed by atoms with Gasteiger partial charge in [-0.25, -0.2) is 0 Å². The van der Waals surface area contributed by atoms with Gasteiger partial charge >= 0.3 is 0 Å². The van der Waals surface area contributed by atoms with Crippen molar-refractivity contribution in [2.45, 2.75) is 45.4 Å². The molecule has 88 valence electrons. The first-order valence-corrected chi connectivity index (χ1v) is 6.05. The summed E-state index contributed by atoms with van der Waals surface area (Å²) >= 11 is 0. The van der Waals surface area contributed by atoms with E-state index in [0.29, 0.717) is 5.56 Å². The van der Waals surface area contributed by atoms with E-state index in [1.165, 1.54) is 25.7 Å². The van der Waals surface area contributed by atoms with E-state index >= 15 is 0 Å². The quantitative estimate of drug-likeness (QED) is 0.661. The molecule has 0 aliphatic rings. The molecule has 2 nitrogen and oxygen atoms in total. The number of benzene rings is 1. The molecule has 0 amide bonds. The van der Waals surface area contributed by atoms with E-state index < -0.39 is 5.97 Å². The van der Waals surface area contributed by atoms with E-state index in [1.807, 2.05) is 12.1 Å². The predicted molar refractivity (Wildman–Crippen MR) is 63.2 cm³/mol. The van der Waals surface area contributed by atoms with Crippen molar-refractivity contribution in [2.75, 3.05) is 0 Å². The Kier molecular flexibility index (Phi) is 5.62. The molecule has 0 saturated carbocycles. The average molecular weight is 219 g/mol. The maximum absolute atomic E-state index is 10.8. The molecule has 0 atom stereocenters. The molecule has 0 unspecified atom stereocenters. The first-order valence-electron chi connectivity index (χ1n) is 6.05. The Labute approximate surface area is 97.3 Å². The summed E-state index contributed by atoms with van der Waals surface area (Å²) in [6.45, 7) is 2.19. The minimum absolute atomic E-state index is 0.345. The van der Waals surface area contributed by atoms with E-state index in [9.17, 15) is 9.90 Å². The van der Waals surface area contributed by atoms with Crippen molar-refractivity contribution in [3.8, 4) is 0 Å². The van der Waals surface area contributed by atoms with Crippen LogP contribution in [-0.2, 0) is 6.42 Å². The first-order chi connectivity index (χ1) is 7.75. The maximum Gasteiger partial charge on any atom is 0.0718 e. The van der Waals surface area contributed by atoms with Gasteiger partial charge in [-0.15, -0.1) is 0 Å². The van der Waals surface area contributed by atoms with Gasteiger partial charge in [-0.05, 0) is 18.4 Å². The molecule has 0 N–H and O–H groups in total. The monoisotopic (exact) mass is 219 g/mol. The van der Waals surface area contributed by atoms with Crippen LogP contribution in [0.3, 0.4) is 0 Å². The molecule has 0 fully saturated rings. The molecule has 0 spiro atoms. The van der Waals surface area contributed by atoms with Crippen molar-refractivity contribution in [2.24, 2.45) is 0 Å². The van der Waals surface area contributed by atoms with Gasteiger partial charge in [0, 0.05) is 5.56 Å². The number of aromatic carboxylic acids is 1. The number of aryl methyl sites for hydroxylation is 1. The molecule has 1 aromatic rings. The third-order valence-corrected chi connectivity index (χ3v) is 2.79. The predicted octanol–water partition coefficient (Wildman–Crippen LogP) is 2.56. The van der Waals surface area contributed by atoms with Crippen LogP contribution in [0.4, 0.5) is 0 Å². The normalized spacial score (nSPS) is 10.3. The summed E-state index contributed by atoms with van der Waals surface area (Å²) in [7, 11) is 0. The zero-order valence-corrected chi connectivity index (χ0v) is 9.87. The molecular weight excluding hydrogens is 200 g/mol. The fourth-order valence-corrected chi connectivity index (χ4v) is 1.86. The van der Waals surface area contributed by atoms with Crippen molar-refractivity contribution in [3.05, 3.63) is 35.4 Å². The fraction of sp³-hybridized carbons (Fsp3) is 0.500. The summed E-state index contributed by atoms with van der Waals surface area (Å²) < 4.78 is 0. The third-order valence-electron chi connectivity index (χ3n) is 2.79. The van der Waals surface area contributed by atoms with Crippen molar-refractivity contribution in [1.29, 1.82) is 0 Å². The van der Waals surface area contributed by atoms with E-state index in [-0.39, 0.29) is 0 Å². The number of carbonyl (C=O) groups is 1. The SMILES string of the molecule is CCCCCCCc1ccccc1C(=O)[O-]. The molecule has 0 aliphatic carbocycles. The molecule has 16 heavy (non-hydrogen) atoms. The van der Waals surface area contributed by atoms with Gasteiger partial charge in [0.1, 0.15) is 0 Å². The highest BCUT2D eigenvalue weighted by atomic mass is 16.4. The lowest BCUT2D eigenvalue weighted by Crippen LogP contribution is -2.23. The Morgan fingerprint density at radius 1 is 1.12 bits per heavy atom. The Balaban J connectivity index is 2.44. The van der Waals surface area contributed by atoms with Crippen LogP contribution in [0, 0.1) is 0 Å². The highest BCUT2D eigenvalue weighted by molar-refractivity contribution is 5.87. The van der Waals surface area contributed by atoms with E-state index in [2.05, 4.69) is 6.92 Å². The lowest BCUT2D eigenvalue weighted by Gasteiger charge is -2.09. The second-order valence-electron chi connectivity index (χ2n) is 4.11. The van der Waals surface area contributed by atoms with Gasteiger partial charge in [-0.3, -0.25) is 0 Å². The van der Waals surface area contributed by atoms with Crippen molar-refractivity contribution in [1.82, 2.24) is 0 Å². The smallest absolute Gasteiger partial charge is 0.0718 e. The van der Waals surface area contributed by atoms with E-state index in [1.54, 1.807) is 12.1 Å². The molecule has 2 heteroatoms. The lowest BCUT2D eigenvalue weighted by molar-refractivity contribution is -0.255. The van der Waals surface area contributed by atoms with Crippen LogP contribution in [0.1, 0.15) is 54.9 Å². The fourth-order valence-electron chi connectivity index (χ4n) is 1.86. The molecular formula is C14H19O2-. The number of carboxylic acid groups (broad SMARTS) is 1. The Morgan fingerprint density at radius 3 is 2.50 bits per heavy atom. The van der Waals surface area contributed by atoms with Crippen LogP contribution < -0.4 is 5.11 Å². The number of carboxylic acids is 1. The van der Waals surface area contributed by atoms with Crippen molar-refractivity contribution in [3.63, 3.8) is 0 Å². The molecule has 0 radical (unpaired) electrons. The molecule has 0 bridgehead atoms. The number of hydrogen-bond acceptors (Lipinski definition) is 2. The average Bonchev–Trinajstić information content (AvgIpc) is 2.29. The van der Waals surface area contributed by atoms with Gasteiger partial charge in [0.2, 0.25) is 0 Å². The van der Waals surface area contributed by atoms with Gasteiger partial charge < -0.3 is 9.90 Å². The van der Waals surface area contributed by atoms with Crippen molar-refractivity contribution >= 4 is 5.97 Å². The minimum atomic E-state index is -1.07. The summed E-state index contributed by atoms with van der Waals surface area (Å²) in [6, 6.07) is 7.13. The topological polar surface area (TPSA) is 40.1 Å². The molecule has 0 aliphatic heterocycles. The summed E-state index contributed by atoms with van der Waals surface area (Å²) in [5.41, 5.74) is 1.25. The van der Waals surface area contributed by atoms with Crippen LogP contribution in [-0.4, -0.2) is 5.97 Å². The van der Waals surface area contributed by atoms with Gasteiger partial charge in [-0.1, -0.05) is 56.9 Å². The highest BCUT2D eigenvalue weighted by Crippen LogP contribution is 2.13. The largest absolute Gasteiger partial charge is 0.545 e. The molecule has 1 aromatic carbocycles. The van der Waals surface area contributed by atoms with Crippen LogP contribution in [0.25, 0.3) is 0 Å². The number of unbranched alkanes of at least 4 members (excludes halogenated alkanes) is 4. The molecule has 0 aromatic heterocycles. The number of hydrogen-bond donors (Lipinski definition) is 0. The summed E-state index contributed by atoms with van der Waals surface area (Å²) in [4.78, 5) is 10.8. The standard InChI is InChI=1S/C14H20O2/c1-2-3-4-5-6-9-12-10-7-8-11-13(12)14(15)16/h7-8,10-11H,2-6,9H2,1H3,(H,15,16)/p-1. The summed E-state index contributed by atoms with van der Waals surface area (Å²) in [5.74, 6) is -1.07. The summed E-state index contributed by atoms with van der Waals surface area (Å²) in [6.07, 6.45) is 6.81. The second-order valence-corrected chi connectivity index (χ2v) is 4.11. The minimum Gasteiger partial charge on any atom is -0.545 e. The second kappa shape index (κ2) is 7.04. The van der Waals surface area contributed by atoms with Crippen LogP contribution in [0.5, 0.6) is 0 Å². The van der Waals surface area contributed by atoms with E-state index in [0.717, 1.165) is 18.4 Å². The summed E-state index contributed by atoms with van der Waals surface area (Å²) in [5, 5.41) is 10.8. The van der Waals surface area contributed by atoms with Gasteiger partial charge in [0.15, 0.2) is 0 Å². The third kappa shape index (κ3) is 4.05. The highest BCUT2D eigenvalue weighted by Gasteiger charge is 2.01. The first kappa shape index (κ1) is 12.8. The zero-order valence-electron chi connectivity index (χ0n) is 9.87. The molecule has 0 saturated heterocycles. The zero-order chi connectivity index (χ0) is 11.8.